The molecular formula is C18H18N2O2S. The van der Waals surface area contributed by atoms with E-state index in [2.05, 4.69) is 23.0 Å². The van der Waals surface area contributed by atoms with E-state index in [9.17, 15) is 9.59 Å². The minimum atomic E-state index is -0.305. The van der Waals surface area contributed by atoms with Crippen molar-refractivity contribution in [3.63, 3.8) is 0 Å². The predicted octanol–water partition coefficient (Wildman–Crippen LogP) is 3.26. The number of amides is 2. The second-order valence-electron chi connectivity index (χ2n) is 5.71. The van der Waals surface area contributed by atoms with Gasteiger partial charge < -0.3 is 4.90 Å². The van der Waals surface area contributed by atoms with E-state index in [-0.39, 0.29) is 17.7 Å². The highest BCUT2D eigenvalue weighted by atomic mass is 32.2. The highest BCUT2D eigenvalue weighted by Crippen LogP contribution is 2.33. The highest BCUT2D eigenvalue weighted by Gasteiger charge is 2.34. The molecule has 1 aromatic carbocycles. The number of carbonyl (C=O) groups is 2. The zero-order valence-electron chi connectivity index (χ0n) is 13.0. The molecule has 0 unspecified atom stereocenters. The van der Waals surface area contributed by atoms with Crippen LogP contribution in [0, 0.1) is 19.3 Å². The molecule has 2 heterocycles. The number of benzene rings is 1. The van der Waals surface area contributed by atoms with E-state index in [0.717, 1.165) is 40.9 Å². The fraction of sp³-hybridized carbons (Fsp3) is 0.333. The summed E-state index contributed by atoms with van der Waals surface area (Å²) < 4.78 is 0. The molecular weight excluding hydrogens is 308 g/mol. The van der Waals surface area contributed by atoms with Gasteiger partial charge in [0.1, 0.15) is 0 Å². The molecule has 118 valence electrons. The van der Waals surface area contributed by atoms with Crippen molar-refractivity contribution < 1.29 is 9.59 Å². The van der Waals surface area contributed by atoms with Crippen molar-refractivity contribution in [2.24, 2.45) is 0 Å². The van der Waals surface area contributed by atoms with Crippen molar-refractivity contribution in [1.29, 1.82) is 0 Å². The van der Waals surface area contributed by atoms with E-state index >= 15 is 0 Å². The summed E-state index contributed by atoms with van der Waals surface area (Å²) in [6.07, 6.45) is 9.46. The third-order valence-corrected chi connectivity index (χ3v) is 5.04. The Labute approximate surface area is 140 Å². The van der Waals surface area contributed by atoms with E-state index in [1.807, 2.05) is 13.0 Å². The third kappa shape index (κ3) is 3.13. The molecule has 2 aliphatic heterocycles. The zero-order chi connectivity index (χ0) is 16.4. The van der Waals surface area contributed by atoms with Gasteiger partial charge in [0.05, 0.1) is 11.4 Å². The van der Waals surface area contributed by atoms with Gasteiger partial charge in [0.15, 0.2) is 0 Å². The second kappa shape index (κ2) is 6.51. The Hall–Kier alpha value is -2.19. The molecule has 5 heteroatoms. The lowest BCUT2D eigenvalue weighted by atomic mass is 10.1. The van der Waals surface area contributed by atoms with Crippen molar-refractivity contribution in [3.8, 4) is 12.3 Å². The Morgan fingerprint density at radius 2 is 2.04 bits per heavy atom. The molecule has 0 atom stereocenters. The SMILES string of the molecule is C#CCN1C(=O)S/C(=C\c2ccc(N3CCCC3)cc2C)C1=O. The number of imide groups is 1. The number of nitrogens with zero attached hydrogens (tertiary/aromatic N) is 2. The average molecular weight is 326 g/mol. The van der Waals surface area contributed by atoms with Crippen LogP contribution in [0.15, 0.2) is 23.1 Å². The molecule has 0 saturated carbocycles. The van der Waals surface area contributed by atoms with Crippen LogP contribution in [-0.2, 0) is 4.79 Å². The smallest absolute Gasteiger partial charge is 0.294 e. The molecule has 3 rings (SSSR count). The quantitative estimate of drug-likeness (QED) is 0.631. The number of carbonyl (C=O) groups excluding carboxylic acids is 2. The van der Waals surface area contributed by atoms with Gasteiger partial charge in [0, 0.05) is 18.8 Å². The van der Waals surface area contributed by atoms with Crippen molar-refractivity contribution in [1.82, 2.24) is 4.90 Å². The van der Waals surface area contributed by atoms with Crippen LogP contribution in [0.4, 0.5) is 10.5 Å². The third-order valence-electron chi connectivity index (χ3n) is 4.13. The van der Waals surface area contributed by atoms with Gasteiger partial charge in [0.2, 0.25) is 0 Å². The molecule has 0 spiro atoms. The minimum Gasteiger partial charge on any atom is -0.372 e. The molecule has 2 fully saturated rings. The first kappa shape index (κ1) is 15.7. The molecule has 0 aliphatic carbocycles. The maximum absolute atomic E-state index is 12.2. The van der Waals surface area contributed by atoms with Gasteiger partial charge in [-0.05, 0) is 60.9 Å². The maximum atomic E-state index is 12.2. The fourth-order valence-electron chi connectivity index (χ4n) is 2.86. The average Bonchev–Trinajstić information content (AvgIpc) is 3.14. The molecule has 1 aromatic rings. The van der Waals surface area contributed by atoms with E-state index < -0.39 is 0 Å². The predicted molar refractivity (Wildman–Crippen MR) is 94.1 cm³/mol. The highest BCUT2D eigenvalue weighted by molar-refractivity contribution is 8.18. The normalized spacial score (nSPS) is 19.7. The molecule has 0 aromatic heterocycles. The van der Waals surface area contributed by atoms with Crippen LogP contribution in [0.1, 0.15) is 24.0 Å². The Morgan fingerprint density at radius 1 is 1.30 bits per heavy atom. The molecule has 2 aliphatic rings. The van der Waals surface area contributed by atoms with Gasteiger partial charge in [-0.3, -0.25) is 14.5 Å². The van der Waals surface area contributed by atoms with Gasteiger partial charge in [0.25, 0.3) is 11.1 Å². The van der Waals surface area contributed by atoms with Crippen LogP contribution in [0.25, 0.3) is 6.08 Å². The minimum absolute atomic E-state index is 0.0227. The molecule has 4 nitrogen and oxygen atoms in total. The van der Waals surface area contributed by atoms with Crippen LogP contribution in [0.3, 0.4) is 0 Å². The van der Waals surface area contributed by atoms with Crippen molar-refractivity contribution >= 4 is 34.7 Å². The lowest BCUT2D eigenvalue weighted by Crippen LogP contribution is -2.28. The molecule has 0 bridgehead atoms. The van der Waals surface area contributed by atoms with Gasteiger partial charge in [-0.25, -0.2) is 0 Å². The van der Waals surface area contributed by atoms with Gasteiger partial charge >= 0.3 is 0 Å². The van der Waals surface area contributed by atoms with Crippen molar-refractivity contribution in [3.05, 3.63) is 34.2 Å². The number of rotatable bonds is 3. The maximum Gasteiger partial charge on any atom is 0.294 e. The molecule has 0 N–H and O–H groups in total. The van der Waals surface area contributed by atoms with E-state index in [0.29, 0.717) is 4.91 Å². The first-order valence-electron chi connectivity index (χ1n) is 7.64. The fourth-order valence-corrected chi connectivity index (χ4v) is 3.69. The van der Waals surface area contributed by atoms with Crippen LogP contribution < -0.4 is 4.90 Å². The summed E-state index contributed by atoms with van der Waals surface area (Å²) in [5.41, 5.74) is 3.27. The number of thioether (sulfide) groups is 1. The summed E-state index contributed by atoms with van der Waals surface area (Å²) in [4.78, 5) is 27.9. The zero-order valence-corrected chi connectivity index (χ0v) is 13.9. The summed E-state index contributed by atoms with van der Waals surface area (Å²) in [6, 6.07) is 6.23. The Bertz CT molecular complexity index is 727. The standard InChI is InChI=1S/C18H18N2O2S/c1-3-8-20-17(21)16(23-18(20)22)12-14-6-7-15(11-13(14)2)19-9-4-5-10-19/h1,6-7,11-12H,4-5,8-10H2,2H3/b16-12-. The number of aryl methyl sites for hydroxylation is 1. The Kier molecular flexibility index (Phi) is 4.44. The number of hydrogen-bond acceptors (Lipinski definition) is 4. The molecule has 0 radical (unpaired) electrons. The summed E-state index contributed by atoms with van der Waals surface area (Å²) in [5, 5.41) is -0.300. The van der Waals surface area contributed by atoms with Gasteiger partial charge in [-0.1, -0.05) is 12.0 Å². The summed E-state index contributed by atoms with van der Waals surface area (Å²) in [5.74, 6) is 2.04. The summed E-state index contributed by atoms with van der Waals surface area (Å²) in [7, 11) is 0. The lowest BCUT2D eigenvalue weighted by Gasteiger charge is -2.18. The molecule has 23 heavy (non-hydrogen) atoms. The topological polar surface area (TPSA) is 40.6 Å². The van der Waals surface area contributed by atoms with Crippen LogP contribution in [0.5, 0.6) is 0 Å². The molecule has 2 amide bonds. The van der Waals surface area contributed by atoms with E-state index in [1.165, 1.54) is 18.5 Å². The van der Waals surface area contributed by atoms with Crippen LogP contribution in [-0.4, -0.2) is 35.7 Å². The number of terminal acetylenes is 1. The van der Waals surface area contributed by atoms with Crippen molar-refractivity contribution in [2.75, 3.05) is 24.5 Å². The largest absolute Gasteiger partial charge is 0.372 e. The van der Waals surface area contributed by atoms with Crippen LogP contribution >= 0.6 is 11.8 Å². The van der Waals surface area contributed by atoms with Crippen LogP contribution in [0.2, 0.25) is 0 Å². The summed E-state index contributed by atoms with van der Waals surface area (Å²) >= 11 is 0.947. The number of hydrogen-bond donors (Lipinski definition) is 0. The van der Waals surface area contributed by atoms with Gasteiger partial charge in [-0.15, -0.1) is 6.42 Å². The van der Waals surface area contributed by atoms with E-state index in [1.54, 1.807) is 6.08 Å². The van der Waals surface area contributed by atoms with Gasteiger partial charge in [-0.2, -0.15) is 0 Å². The van der Waals surface area contributed by atoms with E-state index in [4.69, 9.17) is 6.42 Å². The first-order chi connectivity index (χ1) is 11.1. The monoisotopic (exact) mass is 326 g/mol. The summed E-state index contributed by atoms with van der Waals surface area (Å²) in [6.45, 7) is 4.25. The second-order valence-corrected chi connectivity index (χ2v) is 6.70. The Morgan fingerprint density at radius 3 is 2.70 bits per heavy atom. The number of anilines is 1. The first-order valence-corrected chi connectivity index (χ1v) is 8.46. The lowest BCUT2D eigenvalue weighted by molar-refractivity contribution is -0.122. The van der Waals surface area contributed by atoms with Crippen molar-refractivity contribution in [2.45, 2.75) is 19.8 Å². The Balaban J connectivity index is 1.84. The molecule has 2 saturated heterocycles.